The second-order valence-corrected chi connectivity index (χ2v) is 6.44. The molecule has 0 unspecified atom stereocenters. The predicted octanol–water partition coefficient (Wildman–Crippen LogP) is -0.113. The van der Waals surface area contributed by atoms with Crippen LogP contribution in [0.3, 0.4) is 0 Å². The van der Waals surface area contributed by atoms with Crippen molar-refractivity contribution in [1.82, 2.24) is 15.1 Å². The number of fused-ring (bicyclic) bond motifs is 1. The van der Waals surface area contributed by atoms with Crippen LogP contribution in [-0.2, 0) is 16.1 Å². The van der Waals surface area contributed by atoms with E-state index in [9.17, 15) is 14.7 Å². The molecule has 0 spiro atoms. The first-order valence-electron chi connectivity index (χ1n) is 8.03. The highest BCUT2D eigenvalue weighted by Gasteiger charge is 2.44. The van der Waals surface area contributed by atoms with Crippen LogP contribution in [0.25, 0.3) is 0 Å². The van der Waals surface area contributed by atoms with Gasteiger partial charge in [0, 0.05) is 26.2 Å². The maximum Gasteiger partial charge on any atom is 0.248 e. The van der Waals surface area contributed by atoms with Gasteiger partial charge in [0.25, 0.3) is 0 Å². The van der Waals surface area contributed by atoms with Gasteiger partial charge in [-0.05, 0) is 25.0 Å². The molecule has 2 fully saturated rings. The molecular weight excluding hydrogens is 294 g/mol. The molecule has 2 aliphatic rings. The Hall–Kier alpha value is -1.92. The van der Waals surface area contributed by atoms with Gasteiger partial charge in [-0.1, -0.05) is 24.3 Å². The smallest absolute Gasteiger partial charge is 0.248 e. The maximum atomic E-state index is 12.4. The molecule has 0 bridgehead atoms. The molecule has 0 aromatic heterocycles. The summed E-state index contributed by atoms with van der Waals surface area (Å²) in [5.74, 6) is -0.356. The molecule has 0 saturated carbocycles. The topological polar surface area (TPSA) is 72.9 Å². The molecule has 2 saturated heterocycles. The van der Waals surface area contributed by atoms with Gasteiger partial charge in [0.2, 0.25) is 11.8 Å². The number of hydrogen-bond donors (Lipinski definition) is 2. The fourth-order valence-electron chi connectivity index (χ4n) is 3.32. The lowest BCUT2D eigenvalue weighted by Gasteiger charge is -2.45. The molecule has 0 radical (unpaired) electrons. The lowest BCUT2D eigenvalue weighted by atomic mass is 10.0. The largest absolute Gasteiger partial charge is 0.391 e. The molecule has 2 aliphatic heterocycles. The number of aryl methyl sites for hydroxylation is 1. The average molecular weight is 317 g/mol. The van der Waals surface area contributed by atoms with E-state index in [0.717, 1.165) is 13.1 Å². The minimum absolute atomic E-state index is 0.176. The summed E-state index contributed by atoms with van der Waals surface area (Å²) >= 11 is 0. The van der Waals surface area contributed by atoms with Crippen LogP contribution in [0, 0.1) is 6.92 Å². The van der Waals surface area contributed by atoms with E-state index in [4.69, 9.17) is 0 Å². The van der Waals surface area contributed by atoms with Crippen molar-refractivity contribution in [1.29, 1.82) is 0 Å². The summed E-state index contributed by atoms with van der Waals surface area (Å²) in [4.78, 5) is 28.5. The first-order valence-corrected chi connectivity index (χ1v) is 8.03. The summed E-state index contributed by atoms with van der Waals surface area (Å²) in [6, 6.07) is 6.92. The second kappa shape index (κ2) is 6.29. The average Bonchev–Trinajstić information content (AvgIpc) is 2.53. The van der Waals surface area contributed by atoms with Gasteiger partial charge in [-0.25, -0.2) is 0 Å². The van der Waals surface area contributed by atoms with Crippen LogP contribution >= 0.6 is 0 Å². The summed E-state index contributed by atoms with van der Waals surface area (Å²) in [5, 5.41) is 12.3. The molecular formula is C17H23N3O3. The molecule has 0 aliphatic carbocycles. The zero-order valence-electron chi connectivity index (χ0n) is 13.5. The number of benzene rings is 1. The first-order chi connectivity index (χ1) is 11.0. The Balaban J connectivity index is 1.70. The van der Waals surface area contributed by atoms with Crippen LogP contribution in [0.15, 0.2) is 24.3 Å². The molecule has 2 amide bonds. The Morgan fingerprint density at radius 2 is 2.04 bits per heavy atom. The van der Waals surface area contributed by atoms with Crippen molar-refractivity contribution < 1.29 is 14.7 Å². The van der Waals surface area contributed by atoms with Crippen molar-refractivity contribution >= 4 is 11.8 Å². The van der Waals surface area contributed by atoms with Crippen molar-refractivity contribution in [3.63, 3.8) is 0 Å². The summed E-state index contributed by atoms with van der Waals surface area (Å²) < 4.78 is 0. The fraction of sp³-hybridized carbons (Fsp3) is 0.529. The summed E-state index contributed by atoms with van der Waals surface area (Å²) in [7, 11) is 0. The maximum absolute atomic E-state index is 12.4. The third-order valence-electron chi connectivity index (χ3n) is 4.75. The number of carbonyl (C=O) groups excluding carboxylic acids is 2. The predicted molar refractivity (Wildman–Crippen MR) is 85.6 cm³/mol. The van der Waals surface area contributed by atoms with Gasteiger partial charge in [-0.3, -0.25) is 14.5 Å². The van der Waals surface area contributed by atoms with Gasteiger partial charge in [0.15, 0.2) is 0 Å². The normalized spacial score (nSPS) is 26.7. The van der Waals surface area contributed by atoms with E-state index in [-0.39, 0.29) is 11.8 Å². The van der Waals surface area contributed by atoms with Crippen molar-refractivity contribution in [2.75, 3.05) is 19.6 Å². The number of nitrogens with zero attached hydrogens (tertiary/aromatic N) is 2. The highest BCUT2D eigenvalue weighted by Crippen LogP contribution is 2.20. The van der Waals surface area contributed by atoms with Crippen LogP contribution in [0.1, 0.15) is 18.1 Å². The van der Waals surface area contributed by atoms with Crippen LogP contribution in [0.5, 0.6) is 0 Å². The molecule has 1 aromatic rings. The van der Waals surface area contributed by atoms with E-state index in [1.54, 1.807) is 4.90 Å². The van der Waals surface area contributed by atoms with E-state index >= 15 is 0 Å². The quantitative estimate of drug-likeness (QED) is 0.816. The van der Waals surface area contributed by atoms with Gasteiger partial charge in [0.1, 0.15) is 12.1 Å². The number of aliphatic hydroxyl groups is 1. The zero-order chi connectivity index (χ0) is 16.6. The Labute approximate surface area is 136 Å². The van der Waals surface area contributed by atoms with Gasteiger partial charge >= 0.3 is 0 Å². The molecule has 6 nitrogen and oxygen atoms in total. The third kappa shape index (κ3) is 3.09. The van der Waals surface area contributed by atoms with Crippen molar-refractivity contribution in [3.05, 3.63) is 35.4 Å². The van der Waals surface area contributed by atoms with Gasteiger partial charge in [-0.15, -0.1) is 0 Å². The third-order valence-corrected chi connectivity index (χ3v) is 4.75. The molecule has 2 N–H and O–H groups in total. The monoisotopic (exact) mass is 317 g/mol. The van der Waals surface area contributed by atoms with Crippen molar-refractivity contribution in [2.24, 2.45) is 0 Å². The SMILES string of the molecule is Cc1ccccc1CN1CCN2C(=O)[C@@H]([C@H](C)O)NC(=O)[C@H]2C1. The lowest BCUT2D eigenvalue weighted by Crippen LogP contribution is -2.70. The van der Waals surface area contributed by atoms with Gasteiger partial charge in [-0.2, -0.15) is 0 Å². The number of piperazine rings is 2. The zero-order valence-corrected chi connectivity index (χ0v) is 13.5. The number of amides is 2. The molecule has 6 heteroatoms. The fourth-order valence-corrected chi connectivity index (χ4v) is 3.32. The van der Waals surface area contributed by atoms with Crippen LogP contribution in [-0.4, -0.2) is 64.5 Å². The Morgan fingerprint density at radius 3 is 2.74 bits per heavy atom. The highest BCUT2D eigenvalue weighted by molar-refractivity contribution is 5.97. The van der Waals surface area contributed by atoms with E-state index in [2.05, 4.69) is 29.3 Å². The molecule has 1 aromatic carbocycles. The number of rotatable bonds is 3. The van der Waals surface area contributed by atoms with Crippen LogP contribution in [0.2, 0.25) is 0 Å². The minimum Gasteiger partial charge on any atom is -0.391 e. The standard InChI is InChI=1S/C17H23N3O3/c1-11-5-3-4-6-13(11)9-19-7-8-20-14(10-19)16(22)18-15(12(2)21)17(20)23/h3-6,12,14-15,21H,7-10H2,1-2H3,(H,18,22)/t12-,14+,15+/m0/s1. The lowest BCUT2D eigenvalue weighted by molar-refractivity contribution is -0.156. The molecule has 2 heterocycles. The van der Waals surface area contributed by atoms with E-state index in [1.807, 2.05) is 12.1 Å². The van der Waals surface area contributed by atoms with Crippen LogP contribution < -0.4 is 5.32 Å². The number of carbonyl (C=O) groups is 2. The number of nitrogens with one attached hydrogen (secondary N) is 1. The summed E-state index contributed by atoms with van der Waals surface area (Å²) in [5.41, 5.74) is 2.47. The van der Waals surface area contributed by atoms with Crippen LogP contribution in [0.4, 0.5) is 0 Å². The first kappa shape index (κ1) is 16.0. The summed E-state index contributed by atoms with van der Waals surface area (Å²) in [6.45, 7) is 6.16. The number of aliphatic hydroxyl groups excluding tert-OH is 1. The molecule has 124 valence electrons. The summed E-state index contributed by atoms with van der Waals surface area (Å²) in [6.07, 6.45) is -0.877. The van der Waals surface area contributed by atoms with Gasteiger partial charge < -0.3 is 15.3 Å². The Morgan fingerprint density at radius 1 is 1.30 bits per heavy atom. The Bertz CT molecular complexity index is 617. The van der Waals surface area contributed by atoms with E-state index in [1.165, 1.54) is 18.1 Å². The molecule has 3 rings (SSSR count). The Kier molecular flexibility index (Phi) is 4.37. The van der Waals surface area contributed by atoms with E-state index in [0.29, 0.717) is 13.1 Å². The van der Waals surface area contributed by atoms with Crippen molar-refractivity contribution in [3.8, 4) is 0 Å². The highest BCUT2D eigenvalue weighted by atomic mass is 16.3. The number of hydrogen-bond acceptors (Lipinski definition) is 4. The molecule has 3 atom stereocenters. The van der Waals surface area contributed by atoms with E-state index < -0.39 is 18.2 Å². The van der Waals surface area contributed by atoms with Crippen molar-refractivity contribution in [2.45, 2.75) is 38.6 Å². The second-order valence-electron chi connectivity index (χ2n) is 6.44. The minimum atomic E-state index is -0.877. The van der Waals surface area contributed by atoms with Gasteiger partial charge in [0.05, 0.1) is 6.10 Å². The molecule has 23 heavy (non-hydrogen) atoms.